The van der Waals surface area contributed by atoms with Crippen LogP contribution in [-0.2, 0) is 29.0 Å². The van der Waals surface area contributed by atoms with Gasteiger partial charge in [0, 0.05) is 36.3 Å². The van der Waals surface area contributed by atoms with E-state index in [0.717, 1.165) is 32.6 Å². The molecule has 0 aliphatic carbocycles. The molecular weight excluding hydrogens is 615 g/mol. The lowest BCUT2D eigenvalue weighted by Crippen LogP contribution is -2.19. The second-order valence-corrected chi connectivity index (χ2v) is 14.2. The van der Waals surface area contributed by atoms with Crippen LogP contribution in [0.1, 0.15) is 36.8 Å². The number of para-hydroxylation sites is 1. The number of hydrogen-bond acceptors (Lipinski definition) is 10. The summed E-state index contributed by atoms with van der Waals surface area (Å²) >= 11 is 1.47. The van der Waals surface area contributed by atoms with Crippen molar-refractivity contribution >= 4 is 55.9 Å². The number of carbonyl (C=O) groups excluding carboxylic acids is 1. The lowest BCUT2D eigenvalue weighted by Gasteiger charge is -2.24. The Morgan fingerprint density at radius 1 is 1.09 bits per heavy atom. The van der Waals surface area contributed by atoms with Gasteiger partial charge in [0.2, 0.25) is 16.0 Å². The van der Waals surface area contributed by atoms with Crippen molar-refractivity contribution in [2.45, 2.75) is 42.7 Å². The van der Waals surface area contributed by atoms with Gasteiger partial charge in [-0.1, -0.05) is 49.9 Å². The van der Waals surface area contributed by atoms with Gasteiger partial charge in [-0.05, 0) is 41.3 Å². The van der Waals surface area contributed by atoms with Crippen LogP contribution in [0.2, 0.25) is 0 Å². The van der Waals surface area contributed by atoms with E-state index in [-0.39, 0.29) is 22.8 Å². The number of carbonyl (C=O) groups is 1. The number of nitrogens with one attached hydrogen (secondary N) is 3. The quantitative estimate of drug-likeness (QED) is 0.171. The summed E-state index contributed by atoms with van der Waals surface area (Å²) in [5.41, 5.74) is 2.36. The molecule has 15 heteroatoms. The number of nitrogens with zero attached hydrogens (tertiary/aromatic N) is 6. The highest BCUT2D eigenvalue weighted by molar-refractivity contribution is 7.99. The number of aryl methyl sites for hydroxylation is 1. The minimum absolute atomic E-state index is 0.214. The Hall–Kier alpha value is -4.63. The Balaban J connectivity index is 1.42. The number of methoxy groups -OCH3 is 1. The number of fused-ring (bicyclic) bond motifs is 1. The van der Waals surface area contributed by atoms with Gasteiger partial charge in [-0.3, -0.25) is 14.2 Å². The average molecular weight is 650 g/mol. The molecule has 0 radical (unpaired) electrons. The molecule has 236 valence electrons. The first kappa shape index (κ1) is 31.8. The summed E-state index contributed by atoms with van der Waals surface area (Å²) in [5, 5.41) is 15.5. The summed E-state index contributed by atoms with van der Waals surface area (Å²) in [6.07, 6.45) is 6.18. The van der Waals surface area contributed by atoms with Crippen molar-refractivity contribution in [3.8, 4) is 5.75 Å². The van der Waals surface area contributed by atoms with Crippen LogP contribution in [0.4, 0.5) is 17.3 Å². The van der Waals surface area contributed by atoms with Crippen LogP contribution < -0.4 is 20.1 Å². The van der Waals surface area contributed by atoms with Crippen LogP contribution in [0.3, 0.4) is 0 Å². The van der Waals surface area contributed by atoms with Gasteiger partial charge in [0.25, 0.3) is 5.91 Å². The molecule has 0 unspecified atom stereocenters. The molecule has 2 aromatic carbocycles. The van der Waals surface area contributed by atoms with Crippen LogP contribution in [0.25, 0.3) is 10.9 Å². The molecule has 3 aromatic heterocycles. The minimum atomic E-state index is -3.61. The summed E-state index contributed by atoms with van der Waals surface area (Å²) in [5.74, 6) is 0.335. The summed E-state index contributed by atoms with van der Waals surface area (Å²) in [4.78, 5) is 23.6. The average Bonchev–Trinajstić information content (AvgIpc) is 3.60. The van der Waals surface area contributed by atoms with Crippen molar-refractivity contribution in [1.82, 2.24) is 29.5 Å². The van der Waals surface area contributed by atoms with Crippen molar-refractivity contribution < 1.29 is 17.9 Å². The van der Waals surface area contributed by atoms with E-state index in [1.54, 1.807) is 35.4 Å². The zero-order chi connectivity index (χ0) is 32.4. The zero-order valence-corrected chi connectivity index (χ0v) is 27.5. The maximum absolute atomic E-state index is 13.8. The molecule has 45 heavy (non-hydrogen) atoms. The molecule has 0 saturated heterocycles. The first-order chi connectivity index (χ1) is 21.3. The maximum atomic E-state index is 13.8. The number of benzene rings is 2. The Kier molecular flexibility index (Phi) is 9.02. The Bertz CT molecular complexity index is 1950. The summed E-state index contributed by atoms with van der Waals surface area (Å²) in [6, 6.07) is 13.0. The summed E-state index contributed by atoms with van der Waals surface area (Å²) < 4.78 is 35.9. The Morgan fingerprint density at radius 3 is 2.56 bits per heavy atom. The highest BCUT2D eigenvalue weighted by Crippen LogP contribution is 2.40. The number of anilines is 3. The fourth-order valence-corrected chi connectivity index (χ4v) is 6.28. The molecule has 3 N–H and O–H groups in total. The van der Waals surface area contributed by atoms with Crippen LogP contribution in [0.5, 0.6) is 5.75 Å². The van der Waals surface area contributed by atoms with Crippen LogP contribution in [-0.4, -0.2) is 63.8 Å². The van der Waals surface area contributed by atoms with Gasteiger partial charge < -0.3 is 19.9 Å². The molecule has 0 aliphatic rings. The minimum Gasteiger partial charge on any atom is -0.492 e. The SMILES string of the molecule is COc1c(NC(=O)c2cc3cccc(Sc4ccnc(NCCn5ccnn5)n4)c3n2C)cc(C(C)(C)C)cc1NS(C)(=O)=O. The summed E-state index contributed by atoms with van der Waals surface area (Å²) in [6.45, 7) is 7.21. The van der Waals surface area contributed by atoms with E-state index in [4.69, 9.17) is 4.74 Å². The highest BCUT2D eigenvalue weighted by atomic mass is 32.2. The fraction of sp³-hybridized carbons (Fsp3) is 0.300. The van der Waals surface area contributed by atoms with E-state index in [1.807, 2.05) is 62.7 Å². The van der Waals surface area contributed by atoms with Gasteiger partial charge in [0.1, 0.15) is 10.7 Å². The Labute approximate surface area is 265 Å². The number of rotatable bonds is 11. The molecule has 0 bridgehead atoms. The fourth-order valence-electron chi connectivity index (χ4n) is 4.75. The normalized spacial score (nSPS) is 11.9. The molecule has 0 atom stereocenters. The summed E-state index contributed by atoms with van der Waals surface area (Å²) in [7, 11) is -0.347. The van der Waals surface area contributed by atoms with Crippen LogP contribution in [0.15, 0.2) is 71.0 Å². The van der Waals surface area contributed by atoms with Gasteiger partial charge in [-0.15, -0.1) is 5.10 Å². The monoisotopic (exact) mass is 649 g/mol. The van der Waals surface area contributed by atoms with E-state index >= 15 is 0 Å². The van der Waals surface area contributed by atoms with E-state index in [0.29, 0.717) is 30.4 Å². The molecule has 0 fully saturated rings. The molecule has 0 saturated carbocycles. The van der Waals surface area contributed by atoms with Gasteiger partial charge in [-0.25, -0.2) is 18.4 Å². The molecule has 13 nitrogen and oxygen atoms in total. The van der Waals surface area contributed by atoms with Gasteiger partial charge in [-0.2, -0.15) is 0 Å². The lowest BCUT2D eigenvalue weighted by atomic mass is 9.86. The van der Waals surface area contributed by atoms with Gasteiger partial charge in [0.05, 0.1) is 43.0 Å². The predicted molar refractivity (Wildman–Crippen MR) is 176 cm³/mol. The van der Waals surface area contributed by atoms with E-state index in [1.165, 1.54) is 18.9 Å². The van der Waals surface area contributed by atoms with Crippen molar-refractivity contribution in [2.24, 2.45) is 7.05 Å². The predicted octanol–water partition coefficient (Wildman–Crippen LogP) is 4.75. The molecule has 1 amide bonds. The number of aromatic nitrogens is 6. The first-order valence-electron chi connectivity index (χ1n) is 14.0. The third-order valence-corrected chi connectivity index (χ3v) is 8.47. The highest BCUT2D eigenvalue weighted by Gasteiger charge is 2.24. The van der Waals surface area contributed by atoms with E-state index in [2.05, 4.69) is 35.6 Å². The second kappa shape index (κ2) is 12.8. The van der Waals surface area contributed by atoms with Gasteiger partial charge >= 0.3 is 0 Å². The van der Waals surface area contributed by atoms with Crippen LogP contribution >= 0.6 is 11.8 Å². The van der Waals surface area contributed by atoms with E-state index < -0.39 is 10.0 Å². The number of sulfonamides is 1. The largest absolute Gasteiger partial charge is 0.492 e. The molecule has 0 spiro atoms. The maximum Gasteiger partial charge on any atom is 0.272 e. The second-order valence-electron chi connectivity index (χ2n) is 11.4. The van der Waals surface area contributed by atoms with Crippen molar-refractivity contribution in [3.05, 3.63) is 72.3 Å². The third kappa shape index (κ3) is 7.54. The topological polar surface area (TPSA) is 158 Å². The molecule has 3 heterocycles. The molecule has 5 aromatic rings. The first-order valence-corrected chi connectivity index (χ1v) is 16.7. The van der Waals surface area contributed by atoms with Crippen molar-refractivity contribution in [1.29, 1.82) is 0 Å². The van der Waals surface area contributed by atoms with Crippen LogP contribution in [0, 0.1) is 0 Å². The number of ether oxygens (including phenoxy) is 1. The van der Waals surface area contributed by atoms with Crippen molar-refractivity contribution in [3.63, 3.8) is 0 Å². The molecule has 0 aliphatic heterocycles. The Morgan fingerprint density at radius 2 is 1.87 bits per heavy atom. The lowest BCUT2D eigenvalue weighted by molar-refractivity contribution is 0.101. The van der Waals surface area contributed by atoms with E-state index in [9.17, 15) is 13.2 Å². The van der Waals surface area contributed by atoms with Crippen molar-refractivity contribution in [2.75, 3.05) is 35.3 Å². The zero-order valence-electron chi connectivity index (χ0n) is 25.8. The van der Waals surface area contributed by atoms with Gasteiger partial charge in [0.15, 0.2) is 5.75 Å². The third-order valence-electron chi connectivity index (χ3n) is 6.89. The smallest absolute Gasteiger partial charge is 0.272 e. The number of amides is 1. The number of hydrogen-bond donors (Lipinski definition) is 3. The standard InChI is InChI=1S/C30H35N9O4S2/c1-30(2,3)20-17-21(27(43-5)22(18-20)36-45(6,41)42)34-28(40)23-16-19-8-7-9-24(26(19)38(23)4)44-25-10-11-31-29(35-25)32-12-14-39-15-13-33-37-39/h7-11,13,15-18,36H,12,14H2,1-6H3,(H,34,40)(H,31,32,35). The molecular formula is C30H35N9O4S2. The molecule has 5 rings (SSSR count).